The number of likely N-dealkylation sites (N-methyl/N-ethyl adjacent to an activating group) is 1. The van der Waals surface area contributed by atoms with Crippen molar-refractivity contribution in [2.24, 2.45) is 0 Å². The molecule has 0 atom stereocenters. The quantitative estimate of drug-likeness (QED) is 0.852. The minimum absolute atomic E-state index is 0.542. The summed E-state index contributed by atoms with van der Waals surface area (Å²) in [5, 5.41) is 8.77. The summed E-state index contributed by atoms with van der Waals surface area (Å²) in [6.07, 6.45) is -0.0942. The SMILES string of the molecule is Cc1cc(C)c(CCN(C)C(=O)O)c(C)c1. The van der Waals surface area contributed by atoms with Crippen molar-refractivity contribution in [2.45, 2.75) is 27.2 Å². The van der Waals surface area contributed by atoms with Gasteiger partial charge in [0.1, 0.15) is 0 Å². The predicted octanol–water partition coefficient (Wildman–Crippen LogP) is 2.76. The fourth-order valence-corrected chi connectivity index (χ4v) is 1.98. The second-order valence-corrected chi connectivity index (χ2v) is 4.33. The van der Waals surface area contributed by atoms with Crippen molar-refractivity contribution in [1.82, 2.24) is 4.90 Å². The van der Waals surface area contributed by atoms with Gasteiger partial charge in [0.05, 0.1) is 0 Å². The topological polar surface area (TPSA) is 40.5 Å². The molecule has 0 unspecified atom stereocenters. The lowest BCUT2D eigenvalue weighted by molar-refractivity contribution is 0.156. The summed E-state index contributed by atoms with van der Waals surface area (Å²) in [7, 11) is 1.60. The predicted molar refractivity (Wildman–Crippen MR) is 65.0 cm³/mol. The van der Waals surface area contributed by atoms with Crippen LogP contribution >= 0.6 is 0 Å². The van der Waals surface area contributed by atoms with Crippen LogP contribution in [0.2, 0.25) is 0 Å². The van der Waals surface area contributed by atoms with Gasteiger partial charge in [0.15, 0.2) is 0 Å². The first-order chi connectivity index (χ1) is 7.41. The van der Waals surface area contributed by atoms with E-state index in [1.54, 1.807) is 7.05 Å². The van der Waals surface area contributed by atoms with Gasteiger partial charge in [-0.3, -0.25) is 0 Å². The van der Waals surface area contributed by atoms with E-state index in [0.717, 1.165) is 6.42 Å². The van der Waals surface area contributed by atoms with Gasteiger partial charge < -0.3 is 10.0 Å². The van der Waals surface area contributed by atoms with Crippen molar-refractivity contribution in [2.75, 3.05) is 13.6 Å². The summed E-state index contributed by atoms with van der Waals surface area (Å²) in [5.41, 5.74) is 5.01. The van der Waals surface area contributed by atoms with Crippen molar-refractivity contribution in [3.05, 3.63) is 34.4 Å². The van der Waals surface area contributed by atoms with Gasteiger partial charge in [-0.05, 0) is 43.9 Å². The maximum atomic E-state index is 10.7. The summed E-state index contributed by atoms with van der Waals surface area (Å²) >= 11 is 0. The molecular weight excluding hydrogens is 202 g/mol. The second-order valence-electron chi connectivity index (χ2n) is 4.33. The summed E-state index contributed by atoms with van der Waals surface area (Å²) < 4.78 is 0. The Labute approximate surface area is 96.7 Å². The number of benzene rings is 1. The van der Waals surface area contributed by atoms with Crippen LogP contribution in [0.5, 0.6) is 0 Å². The van der Waals surface area contributed by atoms with E-state index in [9.17, 15) is 4.79 Å². The summed E-state index contributed by atoms with van der Waals surface area (Å²) in [5.74, 6) is 0. The molecule has 0 saturated carbocycles. The molecule has 16 heavy (non-hydrogen) atoms. The zero-order valence-electron chi connectivity index (χ0n) is 10.4. The lowest BCUT2D eigenvalue weighted by Crippen LogP contribution is -2.27. The van der Waals surface area contributed by atoms with Gasteiger partial charge >= 0.3 is 6.09 Å². The van der Waals surface area contributed by atoms with Crippen molar-refractivity contribution < 1.29 is 9.90 Å². The lowest BCUT2D eigenvalue weighted by Gasteiger charge is -2.16. The molecule has 0 heterocycles. The molecule has 0 aliphatic carbocycles. The number of carbonyl (C=O) groups is 1. The van der Waals surface area contributed by atoms with Gasteiger partial charge in [-0.1, -0.05) is 17.7 Å². The van der Waals surface area contributed by atoms with Crippen LogP contribution in [0.4, 0.5) is 4.79 Å². The van der Waals surface area contributed by atoms with Gasteiger partial charge in [-0.2, -0.15) is 0 Å². The molecule has 3 nitrogen and oxygen atoms in total. The monoisotopic (exact) mass is 221 g/mol. The van der Waals surface area contributed by atoms with Crippen molar-refractivity contribution in [1.29, 1.82) is 0 Å². The molecule has 0 saturated heterocycles. The fourth-order valence-electron chi connectivity index (χ4n) is 1.98. The Kier molecular flexibility index (Phi) is 3.93. The van der Waals surface area contributed by atoms with E-state index in [0.29, 0.717) is 6.54 Å². The smallest absolute Gasteiger partial charge is 0.407 e. The molecule has 1 amide bonds. The van der Waals surface area contributed by atoms with Crippen LogP contribution in [0.15, 0.2) is 12.1 Å². The van der Waals surface area contributed by atoms with Crippen molar-refractivity contribution in [3.8, 4) is 0 Å². The lowest BCUT2D eigenvalue weighted by atomic mass is 9.97. The molecule has 1 N–H and O–H groups in total. The highest BCUT2D eigenvalue weighted by Gasteiger charge is 2.08. The van der Waals surface area contributed by atoms with Crippen molar-refractivity contribution in [3.63, 3.8) is 0 Å². The maximum Gasteiger partial charge on any atom is 0.407 e. The number of nitrogens with zero attached hydrogens (tertiary/aromatic N) is 1. The molecule has 88 valence electrons. The van der Waals surface area contributed by atoms with Gasteiger partial charge in [0.2, 0.25) is 0 Å². The average Bonchev–Trinajstić information content (AvgIpc) is 2.15. The molecule has 3 heteroatoms. The maximum absolute atomic E-state index is 10.7. The largest absolute Gasteiger partial charge is 0.465 e. The van der Waals surface area contributed by atoms with Gasteiger partial charge in [0.25, 0.3) is 0 Å². The van der Waals surface area contributed by atoms with Gasteiger partial charge in [0, 0.05) is 13.6 Å². The molecule has 0 aromatic heterocycles. The Balaban J connectivity index is 2.78. The third-order valence-corrected chi connectivity index (χ3v) is 2.86. The number of aryl methyl sites for hydroxylation is 3. The highest BCUT2D eigenvalue weighted by molar-refractivity contribution is 5.64. The first-order valence-corrected chi connectivity index (χ1v) is 5.42. The zero-order valence-corrected chi connectivity index (χ0v) is 10.4. The van der Waals surface area contributed by atoms with E-state index >= 15 is 0 Å². The fraction of sp³-hybridized carbons (Fsp3) is 0.462. The third kappa shape index (κ3) is 2.99. The first kappa shape index (κ1) is 12.6. The second kappa shape index (κ2) is 5.01. The standard InChI is InChI=1S/C13H19NO2/c1-9-7-10(2)12(11(3)8-9)5-6-14(4)13(15)16/h7-8H,5-6H2,1-4H3,(H,15,16). The summed E-state index contributed by atoms with van der Waals surface area (Å²) in [4.78, 5) is 12.0. The van der Waals surface area contributed by atoms with Crippen LogP contribution in [0.3, 0.4) is 0 Å². The zero-order chi connectivity index (χ0) is 12.3. The molecule has 1 aromatic rings. The Morgan fingerprint density at radius 2 is 1.75 bits per heavy atom. The van der Waals surface area contributed by atoms with Crippen LogP contribution in [0.1, 0.15) is 22.3 Å². The normalized spacial score (nSPS) is 10.2. The van der Waals surface area contributed by atoms with Crippen LogP contribution < -0.4 is 0 Å². The van der Waals surface area contributed by atoms with E-state index in [-0.39, 0.29) is 0 Å². The number of rotatable bonds is 3. The van der Waals surface area contributed by atoms with E-state index in [4.69, 9.17) is 5.11 Å². The highest BCUT2D eigenvalue weighted by atomic mass is 16.4. The molecule has 0 fully saturated rings. The number of amides is 1. The Morgan fingerprint density at radius 3 is 2.19 bits per heavy atom. The average molecular weight is 221 g/mol. The van der Waals surface area contributed by atoms with Crippen LogP contribution in [0.25, 0.3) is 0 Å². The minimum atomic E-state index is -0.873. The first-order valence-electron chi connectivity index (χ1n) is 5.42. The van der Waals surface area contributed by atoms with Crippen LogP contribution in [-0.2, 0) is 6.42 Å². The Morgan fingerprint density at radius 1 is 1.25 bits per heavy atom. The van der Waals surface area contributed by atoms with E-state index < -0.39 is 6.09 Å². The van der Waals surface area contributed by atoms with Crippen LogP contribution in [0, 0.1) is 20.8 Å². The van der Waals surface area contributed by atoms with Gasteiger partial charge in [-0.25, -0.2) is 4.79 Å². The molecule has 0 bridgehead atoms. The third-order valence-electron chi connectivity index (χ3n) is 2.86. The number of carboxylic acid groups (broad SMARTS) is 1. The van der Waals surface area contributed by atoms with E-state index in [2.05, 4.69) is 32.9 Å². The number of hydrogen-bond acceptors (Lipinski definition) is 1. The minimum Gasteiger partial charge on any atom is -0.465 e. The van der Waals surface area contributed by atoms with Gasteiger partial charge in [-0.15, -0.1) is 0 Å². The highest BCUT2D eigenvalue weighted by Crippen LogP contribution is 2.17. The van der Waals surface area contributed by atoms with Crippen molar-refractivity contribution >= 4 is 6.09 Å². The Hall–Kier alpha value is -1.51. The van der Waals surface area contributed by atoms with Crippen LogP contribution in [-0.4, -0.2) is 29.7 Å². The molecule has 0 aliphatic rings. The summed E-state index contributed by atoms with van der Waals surface area (Å²) in [6.45, 7) is 6.78. The molecular formula is C13H19NO2. The molecule has 1 rings (SSSR count). The summed E-state index contributed by atoms with van der Waals surface area (Å²) in [6, 6.07) is 4.28. The van der Waals surface area contributed by atoms with E-state index in [1.165, 1.54) is 27.2 Å². The molecule has 0 radical (unpaired) electrons. The van der Waals surface area contributed by atoms with E-state index in [1.807, 2.05) is 0 Å². The molecule has 1 aromatic carbocycles. The molecule has 0 spiro atoms. The number of hydrogen-bond donors (Lipinski definition) is 1. The molecule has 0 aliphatic heterocycles. The Bertz CT molecular complexity index is 376.